The third kappa shape index (κ3) is 24.5. The largest absolute Gasteiger partial charge is 0.496 e. The fourth-order valence-electron chi connectivity index (χ4n) is 18.2. The lowest BCUT2D eigenvalue weighted by Gasteiger charge is -2.50. The molecule has 6 atom stereocenters. The molecule has 112 heavy (non-hydrogen) atoms. The van der Waals surface area contributed by atoms with Crippen molar-refractivity contribution < 1.29 is 47.7 Å². The predicted molar refractivity (Wildman–Crippen MR) is 456 cm³/mol. The topological polar surface area (TPSA) is 205 Å². The summed E-state index contributed by atoms with van der Waals surface area (Å²) in [4.78, 5) is 83.1. The smallest absolute Gasteiger partial charge is 0.307 e. The maximum absolute atomic E-state index is 13.7. The fourth-order valence-corrected chi connectivity index (χ4v) is 22.9. The zero-order chi connectivity index (χ0) is 79.6. The maximum atomic E-state index is 13.7. The number of nitrogens with zero attached hydrogens (tertiary/aromatic N) is 5. The highest BCUT2D eigenvalue weighted by Gasteiger charge is 2.46. The van der Waals surface area contributed by atoms with E-state index in [0.717, 1.165) is 174 Å². The van der Waals surface area contributed by atoms with E-state index in [9.17, 15) is 33.2 Å². The van der Waals surface area contributed by atoms with E-state index in [2.05, 4.69) is 99.9 Å². The number of aryl methyl sites for hydroxylation is 1. The van der Waals surface area contributed by atoms with Gasteiger partial charge >= 0.3 is 5.97 Å². The highest BCUT2D eigenvalue weighted by molar-refractivity contribution is 8.00. The van der Waals surface area contributed by atoms with E-state index in [-0.39, 0.29) is 63.8 Å². The quantitative estimate of drug-likeness (QED) is 0.0460. The number of methoxy groups -OCH3 is 2. The van der Waals surface area contributed by atoms with Crippen LogP contribution in [0.1, 0.15) is 166 Å². The number of rotatable bonds is 20. The first-order chi connectivity index (χ1) is 54.2. The molecule has 0 unspecified atom stereocenters. The number of carbonyl (C=O) groups excluding carboxylic acids is 5. The Morgan fingerprint density at radius 1 is 0.500 bits per heavy atom. The van der Waals surface area contributed by atoms with Crippen LogP contribution in [-0.2, 0) is 30.5 Å². The van der Waals surface area contributed by atoms with Crippen molar-refractivity contribution in [2.45, 2.75) is 158 Å². The second-order valence-corrected chi connectivity index (χ2v) is 36.2. The van der Waals surface area contributed by atoms with Gasteiger partial charge in [0.15, 0.2) is 11.6 Å². The van der Waals surface area contributed by atoms with Gasteiger partial charge in [-0.05, 0) is 134 Å². The number of ether oxygens (including phenoxy) is 2. The molecule has 0 bridgehead atoms. The van der Waals surface area contributed by atoms with E-state index in [0.29, 0.717) is 40.4 Å². The van der Waals surface area contributed by atoms with Crippen molar-refractivity contribution in [3.05, 3.63) is 163 Å². The van der Waals surface area contributed by atoms with Crippen molar-refractivity contribution in [2.24, 2.45) is 17.8 Å². The van der Waals surface area contributed by atoms with Gasteiger partial charge in [-0.25, -0.2) is 4.39 Å². The van der Waals surface area contributed by atoms with Gasteiger partial charge in [-0.3, -0.25) is 43.5 Å². The summed E-state index contributed by atoms with van der Waals surface area (Å²) in [5, 5.41) is 24.6. The molecule has 14 rings (SSSR count). The molecule has 18 nitrogen and oxygen atoms in total. The number of aldehydes is 1. The van der Waals surface area contributed by atoms with E-state index in [1.807, 2.05) is 72.1 Å². The standard InChI is InChI=1S/C31H42ClN3O2S.C24H34ClN3O2S.C13H25N3O.C11H11ClO2S.C8H7FO2/c1-23-18-24(6-11-29(23)37-2)19-33-22-31(12-4-3-5-13-31)35-16-14-34(15-17-35)30(36)28-21-38-20-27(28)25-7-9-26(32)10-8-25;1-18(29)26-17-24(9-3-2-4-10-24)28-13-11-27(12-14-28)23(30)22-16-31-15-21(22)19-5-7-20(25)8-6-19;1-12(17)15-11-13(5-3-2-4-6-13)16-9-7-14-8-10-16;12-8-3-1-7(2-4-8)9-5-15-6-10(9)11(13)14;1-11-8-3-2-6(5-10)4-7(8)9/h6-11,18,27-28,33H,3-5,12-17,19-22H2,1-2H3;5-8,21-22H,2-4,9-17H2,1H3,(H,26,29);14H,2-11H2,1H3,(H,15,17);1-4,9-10H,5-6H2,(H,13,14);2-5H,1H3/t27-,28+;21-,22+;;9-,10+;/m00.0./s1. The zero-order valence-corrected chi connectivity index (χ0v) is 71.0. The average molecular weight is 1660 g/mol. The molecule has 3 aliphatic carbocycles. The summed E-state index contributed by atoms with van der Waals surface area (Å²) in [6.07, 6.45) is 19.5. The minimum Gasteiger partial charge on any atom is -0.496 e. The van der Waals surface area contributed by atoms with Crippen LogP contribution in [0.5, 0.6) is 11.5 Å². The summed E-state index contributed by atoms with van der Waals surface area (Å²) in [7, 11) is 3.10. The lowest BCUT2D eigenvalue weighted by atomic mass is 9.79. The van der Waals surface area contributed by atoms with Gasteiger partial charge in [-0.15, -0.1) is 0 Å². The Bertz CT molecular complexity index is 3820. The van der Waals surface area contributed by atoms with Gasteiger partial charge in [-0.2, -0.15) is 35.3 Å². The Morgan fingerprint density at radius 2 is 0.875 bits per heavy atom. The number of benzene rings is 5. The third-order valence-corrected chi connectivity index (χ3v) is 29.0. The number of nitrogens with one attached hydrogen (secondary N) is 4. The zero-order valence-electron chi connectivity index (χ0n) is 66.3. The van der Waals surface area contributed by atoms with E-state index in [4.69, 9.17) is 44.6 Å². The summed E-state index contributed by atoms with van der Waals surface area (Å²) in [6.45, 7) is 20.2. The molecule has 25 heteroatoms. The first-order valence-corrected chi connectivity index (χ1v) is 45.1. The maximum Gasteiger partial charge on any atom is 0.307 e. The molecule has 5 aromatic carbocycles. The Labute approximate surface area is 692 Å². The Balaban J connectivity index is 0.000000160. The van der Waals surface area contributed by atoms with Crippen molar-refractivity contribution >= 4 is 106 Å². The second kappa shape index (κ2) is 44.1. The molecule has 5 N–H and O–H groups in total. The number of carboxylic acid groups (broad SMARTS) is 1. The molecule has 3 saturated carbocycles. The first-order valence-electron chi connectivity index (χ1n) is 40.5. The number of amides is 4. The monoisotopic (exact) mass is 1650 g/mol. The number of thioether (sulfide) groups is 3. The molecule has 5 aromatic rings. The Morgan fingerprint density at radius 3 is 1.24 bits per heavy atom. The molecule has 612 valence electrons. The molecule has 6 saturated heterocycles. The fraction of sp³-hybridized carbons (Fsp3) is 0.586. The van der Waals surface area contributed by atoms with Crippen LogP contribution in [0.3, 0.4) is 0 Å². The van der Waals surface area contributed by atoms with Gasteiger partial charge < -0.3 is 45.6 Å². The molecule has 9 fully saturated rings. The predicted octanol–water partition coefficient (Wildman–Crippen LogP) is 14.8. The van der Waals surface area contributed by atoms with Gasteiger partial charge in [-0.1, -0.05) is 141 Å². The number of halogens is 4. The van der Waals surface area contributed by atoms with Gasteiger partial charge in [0, 0.05) is 208 Å². The van der Waals surface area contributed by atoms with Crippen molar-refractivity contribution in [2.75, 3.05) is 147 Å². The molecule has 0 aromatic heterocycles. The van der Waals surface area contributed by atoms with Gasteiger partial charge in [0.2, 0.25) is 23.6 Å². The van der Waals surface area contributed by atoms with Crippen molar-refractivity contribution in [3.8, 4) is 11.5 Å². The summed E-state index contributed by atoms with van der Waals surface area (Å²) >= 11 is 23.5. The number of aliphatic carboxylic acids is 1. The summed E-state index contributed by atoms with van der Waals surface area (Å²) < 4.78 is 22.8. The lowest BCUT2D eigenvalue weighted by Crippen LogP contribution is -2.62. The number of carbonyl (C=O) groups is 6. The molecule has 9 aliphatic rings. The van der Waals surface area contributed by atoms with Gasteiger partial charge in [0.25, 0.3) is 0 Å². The second-order valence-electron chi connectivity index (χ2n) is 31.7. The molecule has 0 spiro atoms. The lowest BCUT2D eigenvalue weighted by molar-refractivity contribution is -0.141. The highest BCUT2D eigenvalue weighted by atomic mass is 35.5. The van der Waals surface area contributed by atoms with Gasteiger partial charge in [0.1, 0.15) is 12.0 Å². The van der Waals surface area contributed by atoms with Crippen molar-refractivity contribution in [1.82, 2.24) is 45.8 Å². The van der Waals surface area contributed by atoms with Crippen LogP contribution in [0.4, 0.5) is 4.39 Å². The van der Waals surface area contributed by atoms with Crippen molar-refractivity contribution in [3.63, 3.8) is 0 Å². The summed E-state index contributed by atoms with van der Waals surface area (Å²) in [6, 6.07) is 34.1. The van der Waals surface area contributed by atoms with Crippen LogP contribution in [0.25, 0.3) is 0 Å². The minimum atomic E-state index is -0.694. The Hall–Kier alpha value is -5.63. The minimum absolute atomic E-state index is 0.0470. The van der Waals surface area contributed by atoms with Crippen LogP contribution in [0, 0.1) is 30.5 Å². The van der Waals surface area contributed by atoms with E-state index in [1.165, 1.54) is 125 Å². The summed E-state index contributed by atoms with van der Waals surface area (Å²) in [5.74, 6) is 6.69. The van der Waals surface area contributed by atoms with E-state index >= 15 is 0 Å². The number of hydrogen-bond donors (Lipinski definition) is 5. The molecule has 4 amide bonds. The van der Waals surface area contributed by atoms with Crippen LogP contribution >= 0.6 is 70.1 Å². The van der Waals surface area contributed by atoms with Crippen LogP contribution in [-0.4, -0.2) is 229 Å². The van der Waals surface area contributed by atoms with Crippen LogP contribution in [0.2, 0.25) is 15.1 Å². The first kappa shape index (κ1) is 88.7. The SMILES string of the molecule is CC(=O)NCC1(N2CCN(C(=O)[C@@H]3CSC[C@H]3c3ccc(Cl)cc3)CC2)CCCCC1.CC(=O)NCC1(N2CCNCC2)CCCCC1.COc1ccc(C=O)cc1F.COc1ccc(CNCC2(N3CCN(C(=O)[C@@H]4CSC[C@H]4c4ccc(Cl)cc4)CC3)CCCCC2)cc1C.O=C(O)[C@@H]1CSC[C@H]1c1ccc(Cl)cc1. The summed E-state index contributed by atoms with van der Waals surface area (Å²) in [5.41, 5.74) is 6.84. The van der Waals surface area contributed by atoms with Crippen LogP contribution < -0.4 is 30.7 Å². The molecule has 6 aliphatic heterocycles. The van der Waals surface area contributed by atoms with Crippen molar-refractivity contribution in [1.29, 1.82) is 0 Å². The number of hydrogen-bond acceptors (Lipinski definition) is 16. The molecule has 6 heterocycles. The number of carboxylic acids is 1. The van der Waals surface area contributed by atoms with Crippen LogP contribution in [0.15, 0.2) is 109 Å². The molecular weight excluding hydrogens is 1540 g/mol. The third-order valence-electron chi connectivity index (χ3n) is 24.6. The Kier molecular flexibility index (Phi) is 34.9. The highest BCUT2D eigenvalue weighted by Crippen LogP contribution is 2.44. The average Bonchev–Trinajstić information content (AvgIpc) is 1.77. The van der Waals surface area contributed by atoms with E-state index < -0.39 is 11.8 Å². The van der Waals surface area contributed by atoms with E-state index in [1.54, 1.807) is 32.7 Å². The number of piperazine rings is 3. The molecule has 0 radical (unpaired) electrons. The molecular formula is C87H119Cl3FN9O9S3. The van der Waals surface area contributed by atoms with Gasteiger partial charge in [0.05, 0.1) is 32.0 Å². The normalized spacial score (nSPS) is 23.7.